The molecule has 0 N–H and O–H groups in total. The van der Waals surface area contributed by atoms with Crippen LogP contribution in [-0.2, 0) is 21.4 Å². The van der Waals surface area contributed by atoms with Crippen LogP contribution in [0.25, 0.3) is 0 Å². The molecule has 19 heavy (non-hydrogen) atoms. The molecule has 1 saturated heterocycles. The smallest absolute Gasteiger partial charge is 0.262 e. The number of hydrogen-bond acceptors (Lipinski definition) is 4. The topological polar surface area (TPSA) is 72.3 Å². The summed E-state index contributed by atoms with van der Waals surface area (Å²) in [5.41, 5.74) is 0. The van der Waals surface area contributed by atoms with Gasteiger partial charge < -0.3 is 9.36 Å². The lowest BCUT2D eigenvalue weighted by atomic mass is 10.1. The number of aldehydes is 1. The highest BCUT2D eigenvalue weighted by molar-refractivity contribution is 7.89. The molecule has 0 saturated carbocycles. The van der Waals surface area contributed by atoms with Crippen LogP contribution in [-0.4, -0.2) is 41.1 Å². The van der Waals surface area contributed by atoms with E-state index in [-0.39, 0.29) is 5.03 Å². The fourth-order valence-corrected chi connectivity index (χ4v) is 4.04. The van der Waals surface area contributed by atoms with Crippen molar-refractivity contribution in [3.8, 4) is 0 Å². The minimum Gasteiger partial charge on any atom is -0.334 e. The molecule has 106 valence electrons. The molecule has 2 heterocycles. The maximum atomic E-state index is 12.5. The van der Waals surface area contributed by atoms with Gasteiger partial charge in [-0.2, -0.15) is 4.31 Å². The summed E-state index contributed by atoms with van der Waals surface area (Å²) in [5.74, 6) is 0.667. The van der Waals surface area contributed by atoms with Crippen molar-refractivity contribution >= 4 is 16.3 Å². The first kappa shape index (κ1) is 14.2. The van der Waals surface area contributed by atoms with Crippen molar-refractivity contribution in [3.63, 3.8) is 0 Å². The second-order valence-corrected chi connectivity index (χ2v) is 6.56. The van der Waals surface area contributed by atoms with Gasteiger partial charge in [-0.1, -0.05) is 6.42 Å². The standard InChI is InChI=1S/C12H19N3O3S/c1-3-14-8-12(13-10(14)2)19(17,18)15-7-5-4-6-11(15)9-16/h8-9,11H,3-7H2,1-2H3. The van der Waals surface area contributed by atoms with Crippen LogP contribution >= 0.6 is 0 Å². The summed E-state index contributed by atoms with van der Waals surface area (Å²) in [6.45, 7) is 4.77. The molecule has 1 atom stereocenters. The predicted molar refractivity (Wildman–Crippen MR) is 70.2 cm³/mol. The Bertz CT molecular complexity index is 565. The summed E-state index contributed by atoms with van der Waals surface area (Å²) < 4.78 is 28.1. The minimum atomic E-state index is -3.66. The second kappa shape index (κ2) is 5.42. The Morgan fingerprint density at radius 1 is 1.47 bits per heavy atom. The molecular formula is C12H19N3O3S. The van der Waals surface area contributed by atoms with Crippen LogP contribution in [0.1, 0.15) is 32.0 Å². The Balaban J connectivity index is 2.37. The number of sulfonamides is 1. The van der Waals surface area contributed by atoms with Gasteiger partial charge >= 0.3 is 0 Å². The summed E-state index contributed by atoms with van der Waals surface area (Å²) in [6.07, 6.45) is 4.53. The van der Waals surface area contributed by atoms with E-state index < -0.39 is 16.1 Å². The van der Waals surface area contributed by atoms with Crippen LogP contribution in [0.3, 0.4) is 0 Å². The maximum absolute atomic E-state index is 12.5. The molecule has 0 aromatic carbocycles. The fourth-order valence-electron chi connectivity index (χ4n) is 2.41. The molecule has 0 spiro atoms. The molecule has 1 fully saturated rings. The third-order valence-electron chi connectivity index (χ3n) is 3.52. The highest BCUT2D eigenvalue weighted by atomic mass is 32.2. The lowest BCUT2D eigenvalue weighted by molar-refractivity contribution is -0.111. The number of aromatic nitrogens is 2. The van der Waals surface area contributed by atoms with Gasteiger partial charge in [0.05, 0.1) is 6.04 Å². The summed E-state index contributed by atoms with van der Waals surface area (Å²) in [5, 5.41) is 0.0422. The zero-order valence-electron chi connectivity index (χ0n) is 11.2. The SMILES string of the molecule is CCn1cc(S(=O)(=O)N2CCCCC2C=O)nc1C. The highest BCUT2D eigenvalue weighted by Gasteiger charge is 2.35. The largest absolute Gasteiger partial charge is 0.334 e. The van der Waals surface area contributed by atoms with Crippen molar-refractivity contribution in [3.05, 3.63) is 12.0 Å². The van der Waals surface area contributed by atoms with E-state index >= 15 is 0 Å². The first-order valence-corrected chi connectivity index (χ1v) is 7.95. The van der Waals surface area contributed by atoms with Gasteiger partial charge in [0.15, 0.2) is 5.03 Å². The molecule has 1 unspecified atom stereocenters. The van der Waals surface area contributed by atoms with Gasteiger partial charge in [-0.05, 0) is 26.7 Å². The third kappa shape index (κ3) is 2.57. The lowest BCUT2D eigenvalue weighted by Crippen LogP contribution is -2.44. The van der Waals surface area contributed by atoms with E-state index in [4.69, 9.17) is 0 Å². The van der Waals surface area contributed by atoms with Crippen LogP contribution in [0.15, 0.2) is 11.2 Å². The number of nitrogens with zero attached hydrogens (tertiary/aromatic N) is 3. The second-order valence-electron chi connectivity index (χ2n) is 4.73. The van der Waals surface area contributed by atoms with Crippen LogP contribution in [0.2, 0.25) is 0 Å². The van der Waals surface area contributed by atoms with Crippen molar-refractivity contribution in [2.75, 3.05) is 6.54 Å². The van der Waals surface area contributed by atoms with Crippen molar-refractivity contribution < 1.29 is 13.2 Å². The monoisotopic (exact) mass is 285 g/mol. The van der Waals surface area contributed by atoms with E-state index in [1.165, 1.54) is 4.31 Å². The molecule has 1 aromatic rings. The summed E-state index contributed by atoms with van der Waals surface area (Å²) in [7, 11) is -3.66. The number of carbonyl (C=O) groups is 1. The van der Waals surface area contributed by atoms with Crippen molar-refractivity contribution in [1.29, 1.82) is 0 Å². The van der Waals surface area contributed by atoms with Gasteiger partial charge in [0.1, 0.15) is 12.1 Å². The van der Waals surface area contributed by atoms with E-state index in [0.29, 0.717) is 25.3 Å². The van der Waals surface area contributed by atoms with Gasteiger partial charge in [0.2, 0.25) is 0 Å². The number of imidazole rings is 1. The molecule has 0 bridgehead atoms. The van der Waals surface area contributed by atoms with Crippen molar-refractivity contribution in [1.82, 2.24) is 13.9 Å². The average molecular weight is 285 g/mol. The van der Waals surface area contributed by atoms with Crippen LogP contribution in [0.5, 0.6) is 0 Å². The predicted octanol–water partition coefficient (Wildman–Crippen LogP) is 0.954. The van der Waals surface area contributed by atoms with Crippen molar-refractivity contribution in [2.45, 2.75) is 50.7 Å². The molecular weight excluding hydrogens is 266 g/mol. The molecule has 2 rings (SSSR count). The van der Waals surface area contributed by atoms with E-state index in [2.05, 4.69) is 4.98 Å². The summed E-state index contributed by atoms with van der Waals surface area (Å²) in [4.78, 5) is 15.2. The van der Waals surface area contributed by atoms with Crippen LogP contribution in [0.4, 0.5) is 0 Å². The summed E-state index contributed by atoms with van der Waals surface area (Å²) in [6, 6.07) is -0.550. The molecule has 0 amide bonds. The van der Waals surface area contributed by atoms with Gasteiger partial charge in [-0.3, -0.25) is 0 Å². The number of rotatable bonds is 4. The molecule has 0 aliphatic carbocycles. The Morgan fingerprint density at radius 2 is 2.21 bits per heavy atom. The number of carbonyl (C=O) groups excluding carboxylic acids is 1. The highest BCUT2D eigenvalue weighted by Crippen LogP contribution is 2.24. The Kier molecular flexibility index (Phi) is 4.05. The van der Waals surface area contributed by atoms with E-state index in [9.17, 15) is 13.2 Å². The zero-order valence-corrected chi connectivity index (χ0v) is 12.1. The molecule has 1 aliphatic heterocycles. The Morgan fingerprint density at radius 3 is 2.79 bits per heavy atom. The molecule has 7 heteroatoms. The number of piperidine rings is 1. The van der Waals surface area contributed by atoms with E-state index in [1.807, 2.05) is 6.92 Å². The summed E-state index contributed by atoms with van der Waals surface area (Å²) >= 11 is 0. The van der Waals surface area contributed by atoms with Crippen LogP contribution < -0.4 is 0 Å². The van der Waals surface area contributed by atoms with E-state index in [1.54, 1.807) is 17.7 Å². The zero-order chi connectivity index (χ0) is 14.0. The Labute approximate surface area is 113 Å². The molecule has 6 nitrogen and oxygen atoms in total. The Hall–Kier alpha value is -1.21. The minimum absolute atomic E-state index is 0.0422. The first-order chi connectivity index (χ1) is 9.00. The maximum Gasteiger partial charge on any atom is 0.262 e. The van der Waals surface area contributed by atoms with Gasteiger partial charge in [0.25, 0.3) is 10.0 Å². The molecule has 1 aromatic heterocycles. The number of aryl methyl sites for hydroxylation is 2. The van der Waals surface area contributed by atoms with Crippen molar-refractivity contribution in [2.24, 2.45) is 0 Å². The molecule has 1 aliphatic rings. The quantitative estimate of drug-likeness (QED) is 0.772. The van der Waals surface area contributed by atoms with E-state index in [0.717, 1.165) is 19.1 Å². The first-order valence-electron chi connectivity index (χ1n) is 6.51. The average Bonchev–Trinajstić information content (AvgIpc) is 2.80. The molecule has 0 radical (unpaired) electrons. The van der Waals surface area contributed by atoms with Gasteiger partial charge in [0, 0.05) is 19.3 Å². The lowest BCUT2D eigenvalue weighted by Gasteiger charge is -2.30. The van der Waals surface area contributed by atoms with Gasteiger partial charge in [-0.25, -0.2) is 13.4 Å². The normalized spacial score (nSPS) is 21.5. The fraction of sp³-hybridized carbons (Fsp3) is 0.667. The third-order valence-corrected chi connectivity index (χ3v) is 5.32. The number of hydrogen-bond donors (Lipinski definition) is 0. The van der Waals surface area contributed by atoms with Gasteiger partial charge in [-0.15, -0.1) is 0 Å². The van der Waals surface area contributed by atoms with Crippen LogP contribution in [0, 0.1) is 6.92 Å².